The molecule has 0 amide bonds. The summed E-state index contributed by atoms with van der Waals surface area (Å²) in [6, 6.07) is 8.06. The van der Waals surface area contributed by atoms with E-state index in [0.29, 0.717) is 11.7 Å². The first kappa shape index (κ1) is 15.0. The third-order valence-corrected chi connectivity index (χ3v) is 6.78. The number of methoxy groups -OCH3 is 1. The third kappa shape index (κ3) is 1.84. The van der Waals surface area contributed by atoms with Gasteiger partial charge in [-0.1, -0.05) is 57.0 Å². The maximum absolute atomic E-state index is 12.9. The Morgan fingerprint density at radius 3 is 2.61 bits per heavy atom. The molecule has 122 valence electrons. The van der Waals surface area contributed by atoms with E-state index in [-0.39, 0.29) is 22.7 Å². The molecule has 4 rings (SSSR count). The Morgan fingerprint density at radius 2 is 1.87 bits per heavy atom. The van der Waals surface area contributed by atoms with Crippen molar-refractivity contribution in [3.63, 3.8) is 0 Å². The summed E-state index contributed by atoms with van der Waals surface area (Å²) in [6.07, 6.45) is 6.04. The van der Waals surface area contributed by atoms with Crippen molar-refractivity contribution in [3.05, 3.63) is 41.5 Å². The Hall–Kier alpha value is -1.57. The molecule has 0 aromatic heterocycles. The molecule has 3 aliphatic carbocycles. The number of hydrogen-bond acceptors (Lipinski definition) is 2. The highest BCUT2D eigenvalue weighted by atomic mass is 16.5. The molecular weight excluding hydrogens is 284 g/mol. The molecule has 0 aliphatic heterocycles. The third-order valence-electron chi connectivity index (χ3n) is 6.78. The van der Waals surface area contributed by atoms with Gasteiger partial charge in [0.25, 0.3) is 0 Å². The Kier molecular flexibility index (Phi) is 3.07. The second-order valence-electron chi connectivity index (χ2n) is 8.41. The van der Waals surface area contributed by atoms with Crippen LogP contribution < -0.4 is 4.74 Å². The van der Waals surface area contributed by atoms with Gasteiger partial charge >= 0.3 is 0 Å². The number of para-hydroxylation sites is 1. The first-order chi connectivity index (χ1) is 10.9. The highest BCUT2D eigenvalue weighted by Gasteiger charge is 2.64. The Balaban J connectivity index is 1.77. The van der Waals surface area contributed by atoms with Gasteiger partial charge in [0.05, 0.1) is 13.0 Å². The van der Waals surface area contributed by atoms with E-state index in [1.165, 1.54) is 24.8 Å². The number of allylic oxidation sites excluding steroid dienone is 2. The number of fused-ring (bicyclic) bond motifs is 3. The lowest BCUT2D eigenvalue weighted by atomic mass is 9.50. The normalized spacial score (nSPS) is 37.5. The molecule has 0 N–H and O–H groups in total. The first-order valence-electron chi connectivity index (χ1n) is 8.79. The highest BCUT2D eigenvalue weighted by Crippen LogP contribution is 2.68. The van der Waals surface area contributed by atoms with Crippen LogP contribution in [0, 0.1) is 22.7 Å². The molecule has 0 spiro atoms. The van der Waals surface area contributed by atoms with Gasteiger partial charge < -0.3 is 4.74 Å². The standard InChI is InChI=1S/C21H26O2/c1-20(2)10-7-11-21(3)16(20)12-14-18(21)17(19(14)22)13-8-5-6-9-15(13)23-4/h5-6,8-9,12,14,17-18H,7,10-11H2,1-4H3/t14-,17-,18+,21+/m1/s1. The number of benzene rings is 1. The monoisotopic (exact) mass is 310 g/mol. The molecule has 4 atom stereocenters. The Labute approximate surface area is 138 Å². The largest absolute Gasteiger partial charge is 0.496 e. The Bertz CT molecular complexity index is 700. The summed E-state index contributed by atoms with van der Waals surface area (Å²) in [4.78, 5) is 12.9. The van der Waals surface area contributed by atoms with Crippen LogP contribution in [0.15, 0.2) is 35.9 Å². The second-order valence-corrected chi connectivity index (χ2v) is 8.41. The molecular formula is C21H26O2. The van der Waals surface area contributed by atoms with Gasteiger partial charge in [0, 0.05) is 11.5 Å². The number of rotatable bonds is 2. The van der Waals surface area contributed by atoms with Crippen LogP contribution >= 0.6 is 0 Å². The van der Waals surface area contributed by atoms with Crippen LogP contribution in [0.5, 0.6) is 5.75 Å². The lowest BCUT2D eigenvalue weighted by Crippen LogP contribution is -2.51. The number of Topliss-reactive ketones (excluding diaryl/α,β-unsaturated/α-hetero) is 1. The lowest BCUT2D eigenvalue weighted by Gasteiger charge is -2.52. The van der Waals surface area contributed by atoms with Crippen LogP contribution in [0.2, 0.25) is 0 Å². The van der Waals surface area contributed by atoms with Crippen LogP contribution in [0.25, 0.3) is 0 Å². The summed E-state index contributed by atoms with van der Waals surface area (Å²) in [5, 5.41) is 0. The van der Waals surface area contributed by atoms with Crippen LogP contribution in [0.3, 0.4) is 0 Å². The molecule has 0 unspecified atom stereocenters. The van der Waals surface area contributed by atoms with Gasteiger partial charge in [-0.2, -0.15) is 0 Å². The molecule has 2 fully saturated rings. The zero-order valence-corrected chi connectivity index (χ0v) is 14.6. The maximum Gasteiger partial charge on any atom is 0.147 e. The summed E-state index contributed by atoms with van der Waals surface area (Å²) in [5.74, 6) is 1.79. The van der Waals surface area contributed by atoms with Crippen molar-refractivity contribution in [2.75, 3.05) is 7.11 Å². The summed E-state index contributed by atoms with van der Waals surface area (Å²) in [5.41, 5.74) is 3.03. The van der Waals surface area contributed by atoms with Crippen molar-refractivity contribution in [2.24, 2.45) is 22.7 Å². The molecule has 2 heteroatoms. The quantitative estimate of drug-likeness (QED) is 0.737. The molecule has 1 aromatic rings. The maximum atomic E-state index is 12.9. The molecule has 2 nitrogen and oxygen atoms in total. The van der Waals surface area contributed by atoms with Crippen LogP contribution in [0.1, 0.15) is 51.5 Å². The summed E-state index contributed by atoms with van der Waals surface area (Å²) in [6.45, 7) is 7.10. The summed E-state index contributed by atoms with van der Waals surface area (Å²) >= 11 is 0. The average molecular weight is 310 g/mol. The fourth-order valence-electron chi connectivity index (χ4n) is 5.75. The number of carbonyl (C=O) groups excluding carboxylic acids is 1. The number of ketones is 1. The van der Waals surface area contributed by atoms with E-state index in [1.54, 1.807) is 7.11 Å². The topological polar surface area (TPSA) is 26.3 Å². The smallest absolute Gasteiger partial charge is 0.147 e. The van der Waals surface area contributed by atoms with E-state index in [2.05, 4.69) is 32.9 Å². The Morgan fingerprint density at radius 1 is 1.13 bits per heavy atom. The van der Waals surface area contributed by atoms with Crippen molar-refractivity contribution in [1.29, 1.82) is 0 Å². The molecule has 0 radical (unpaired) electrons. The van der Waals surface area contributed by atoms with E-state index in [1.807, 2.05) is 18.2 Å². The predicted molar refractivity (Wildman–Crippen MR) is 91.5 cm³/mol. The molecule has 2 saturated carbocycles. The molecule has 3 aliphatic rings. The fraction of sp³-hybridized carbons (Fsp3) is 0.571. The lowest BCUT2D eigenvalue weighted by molar-refractivity contribution is -0.138. The van der Waals surface area contributed by atoms with Gasteiger partial charge in [-0.3, -0.25) is 4.79 Å². The van der Waals surface area contributed by atoms with Crippen molar-refractivity contribution in [2.45, 2.75) is 46.0 Å². The zero-order valence-electron chi connectivity index (χ0n) is 14.6. The van der Waals surface area contributed by atoms with E-state index < -0.39 is 0 Å². The van der Waals surface area contributed by atoms with Gasteiger partial charge in [-0.25, -0.2) is 0 Å². The molecule has 1 aromatic carbocycles. The minimum absolute atomic E-state index is 0.00352. The van der Waals surface area contributed by atoms with Crippen molar-refractivity contribution >= 4 is 5.78 Å². The van der Waals surface area contributed by atoms with Gasteiger partial charge in [-0.05, 0) is 35.7 Å². The van der Waals surface area contributed by atoms with Crippen LogP contribution in [-0.2, 0) is 4.79 Å². The molecule has 0 saturated heterocycles. The van der Waals surface area contributed by atoms with Crippen LogP contribution in [0.4, 0.5) is 0 Å². The van der Waals surface area contributed by atoms with Gasteiger partial charge in [0.1, 0.15) is 11.5 Å². The number of hydrogen-bond donors (Lipinski definition) is 0. The first-order valence-corrected chi connectivity index (χ1v) is 8.79. The summed E-state index contributed by atoms with van der Waals surface area (Å²) < 4.78 is 5.54. The van der Waals surface area contributed by atoms with E-state index in [9.17, 15) is 4.79 Å². The number of ether oxygens (including phenoxy) is 1. The predicted octanol–water partition coefficient (Wildman–Crippen LogP) is 4.75. The van der Waals surface area contributed by atoms with Crippen molar-refractivity contribution in [3.8, 4) is 5.75 Å². The van der Waals surface area contributed by atoms with E-state index >= 15 is 0 Å². The van der Waals surface area contributed by atoms with Gasteiger partial charge in [0.2, 0.25) is 0 Å². The molecule has 23 heavy (non-hydrogen) atoms. The molecule has 0 bridgehead atoms. The fourth-order valence-corrected chi connectivity index (χ4v) is 5.75. The second kappa shape index (κ2) is 4.72. The number of carbonyl (C=O) groups is 1. The van der Waals surface area contributed by atoms with Crippen LogP contribution in [-0.4, -0.2) is 12.9 Å². The zero-order chi connectivity index (χ0) is 16.4. The van der Waals surface area contributed by atoms with E-state index in [0.717, 1.165) is 11.3 Å². The van der Waals surface area contributed by atoms with Crippen molar-refractivity contribution in [1.82, 2.24) is 0 Å². The van der Waals surface area contributed by atoms with Crippen molar-refractivity contribution < 1.29 is 9.53 Å². The average Bonchev–Trinajstić information content (AvgIpc) is 2.78. The minimum Gasteiger partial charge on any atom is -0.496 e. The highest BCUT2D eigenvalue weighted by molar-refractivity contribution is 5.98. The van der Waals surface area contributed by atoms with Gasteiger partial charge in [0.15, 0.2) is 0 Å². The minimum atomic E-state index is 0.00352. The molecule has 0 heterocycles. The van der Waals surface area contributed by atoms with E-state index in [4.69, 9.17) is 4.74 Å². The summed E-state index contributed by atoms with van der Waals surface area (Å²) in [7, 11) is 1.70. The van der Waals surface area contributed by atoms with Gasteiger partial charge in [-0.15, -0.1) is 0 Å². The SMILES string of the molecule is COc1ccccc1[C@H]1C(=O)[C@@H]2C=C3C(C)(C)CCC[C@]3(C)[C@H]12.